The minimum atomic E-state index is 1.09. The smallest absolute Gasteiger partial charge is 0.0618 e. The molecule has 0 heterocycles. The van der Waals surface area contributed by atoms with Crippen LogP contribution in [0.5, 0.6) is 0 Å². The van der Waals surface area contributed by atoms with Gasteiger partial charge in [0.15, 0.2) is 0 Å². The van der Waals surface area contributed by atoms with Gasteiger partial charge in [0, 0.05) is 22.5 Å². The van der Waals surface area contributed by atoms with Crippen molar-refractivity contribution < 1.29 is 0 Å². The summed E-state index contributed by atoms with van der Waals surface area (Å²) in [4.78, 5) is 2.45. The SMILES string of the molecule is c1ccc(-c2ccc(N(c3cccc(-c4cc5ccccc5c5ccccc45)c3)c3c(-c4ccccc4)cccc3-c3ccccc3)cc2)cc1. The molecule has 0 atom stereocenters. The van der Waals surface area contributed by atoms with Gasteiger partial charge >= 0.3 is 0 Å². The van der Waals surface area contributed by atoms with Gasteiger partial charge in [-0.1, -0.05) is 182 Å². The van der Waals surface area contributed by atoms with Gasteiger partial charge in [-0.25, -0.2) is 0 Å². The Hall–Kier alpha value is -6.70. The van der Waals surface area contributed by atoms with E-state index in [0.29, 0.717) is 0 Å². The van der Waals surface area contributed by atoms with Gasteiger partial charge in [0.2, 0.25) is 0 Å². The zero-order chi connectivity index (χ0) is 34.0. The summed E-state index contributed by atoms with van der Waals surface area (Å²) in [5.41, 5.74) is 12.8. The van der Waals surface area contributed by atoms with Gasteiger partial charge in [-0.15, -0.1) is 0 Å². The van der Waals surface area contributed by atoms with E-state index in [2.05, 4.69) is 217 Å². The molecule has 51 heavy (non-hydrogen) atoms. The van der Waals surface area contributed by atoms with Gasteiger partial charge < -0.3 is 4.90 Å². The predicted molar refractivity (Wildman–Crippen MR) is 218 cm³/mol. The van der Waals surface area contributed by atoms with E-state index in [1.165, 1.54) is 66.1 Å². The first kappa shape index (κ1) is 30.4. The summed E-state index contributed by atoms with van der Waals surface area (Å²) in [5, 5.41) is 5.04. The molecule has 0 N–H and O–H groups in total. The standard InChI is InChI=1S/C50H35N/c1-4-16-36(17-5-1)37-30-32-42(33-31-37)51(50-45(38-18-6-2-7-19-38)28-15-29-46(50)39-20-8-3-9-21-39)43-24-14-23-40(34-43)49-35-41-22-10-11-25-44(41)47-26-12-13-27-48(47)49/h1-35H. The fourth-order valence-corrected chi connectivity index (χ4v) is 7.43. The Kier molecular flexibility index (Phi) is 7.92. The Labute approximate surface area is 299 Å². The quantitative estimate of drug-likeness (QED) is 0.155. The summed E-state index contributed by atoms with van der Waals surface area (Å²) < 4.78 is 0. The highest BCUT2D eigenvalue weighted by molar-refractivity contribution is 6.14. The Morgan fingerprint density at radius 2 is 0.745 bits per heavy atom. The van der Waals surface area contributed by atoms with Crippen molar-refractivity contribution in [3.8, 4) is 44.5 Å². The Bertz CT molecular complexity index is 2550. The number of para-hydroxylation sites is 1. The molecule has 240 valence electrons. The number of benzene rings is 9. The first-order valence-electron chi connectivity index (χ1n) is 17.5. The van der Waals surface area contributed by atoms with E-state index in [4.69, 9.17) is 0 Å². The summed E-state index contributed by atoms with van der Waals surface area (Å²) >= 11 is 0. The van der Waals surface area contributed by atoms with E-state index in [0.717, 1.165) is 17.1 Å². The molecule has 0 saturated heterocycles. The molecule has 0 aliphatic heterocycles. The zero-order valence-corrected chi connectivity index (χ0v) is 28.2. The molecule has 0 saturated carbocycles. The molecule has 0 amide bonds. The predicted octanol–water partition coefficient (Wildman–Crippen LogP) is 14.1. The van der Waals surface area contributed by atoms with Crippen molar-refractivity contribution >= 4 is 38.6 Å². The third-order valence-corrected chi connectivity index (χ3v) is 9.85. The first-order chi connectivity index (χ1) is 25.3. The number of nitrogens with zero attached hydrogens (tertiary/aromatic N) is 1. The van der Waals surface area contributed by atoms with Crippen LogP contribution in [0.2, 0.25) is 0 Å². The molecule has 0 unspecified atom stereocenters. The third-order valence-electron chi connectivity index (χ3n) is 9.85. The molecule has 0 fully saturated rings. The number of hydrogen-bond acceptors (Lipinski definition) is 1. The van der Waals surface area contributed by atoms with Crippen LogP contribution in [0.15, 0.2) is 212 Å². The lowest BCUT2D eigenvalue weighted by molar-refractivity contribution is 1.28. The molecule has 0 aliphatic rings. The van der Waals surface area contributed by atoms with Crippen molar-refractivity contribution in [2.45, 2.75) is 0 Å². The Balaban J connectivity index is 1.30. The van der Waals surface area contributed by atoms with Crippen LogP contribution in [0.25, 0.3) is 66.1 Å². The number of rotatable bonds is 7. The summed E-state index contributed by atoms with van der Waals surface area (Å²) in [7, 11) is 0. The van der Waals surface area contributed by atoms with E-state index in [1.54, 1.807) is 0 Å². The third kappa shape index (κ3) is 5.75. The summed E-state index contributed by atoms with van der Waals surface area (Å²) in [6.45, 7) is 0. The van der Waals surface area contributed by atoms with Crippen LogP contribution in [0.4, 0.5) is 17.1 Å². The molecular weight excluding hydrogens is 615 g/mol. The molecule has 1 heteroatoms. The van der Waals surface area contributed by atoms with Crippen LogP contribution in [-0.2, 0) is 0 Å². The van der Waals surface area contributed by atoms with Gasteiger partial charge in [0.25, 0.3) is 0 Å². The lowest BCUT2D eigenvalue weighted by Gasteiger charge is -2.31. The highest BCUT2D eigenvalue weighted by atomic mass is 15.1. The maximum Gasteiger partial charge on any atom is 0.0618 e. The fourth-order valence-electron chi connectivity index (χ4n) is 7.43. The molecule has 0 radical (unpaired) electrons. The maximum atomic E-state index is 2.45. The lowest BCUT2D eigenvalue weighted by Crippen LogP contribution is -2.13. The lowest BCUT2D eigenvalue weighted by atomic mass is 9.92. The largest absolute Gasteiger partial charge is 0.309 e. The van der Waals surface area contributed by atoms with Crippen LogP contribution >= 0.6 is 0 Å². The molecule has 9 aromatic carbocycles. The molecular formula is C50H35N. The topological polar surface area (TPSA) is 3.24 Å². The van der Waals surface area contributed by atoms with Gasteiger partial charge in [-0.2, -0.15) is 0 Å². The van der Waals surface area contributed by atoms with E-state index >= 15 is 0 Å². The second-order valence-electron chi connectivity index (χ2n) is 12.9. The highest BCUT2D eigenvalue weighted by Gasteiger charge is 2.22. The molecule has 0 aliphatic carbocycles. The van der Waals surface area contributed by atoms with E-state index in [9.17, 15) is 0 Å². The number of fused-ring (bicyclic) bond motifs is 3. The zero-order valence-electron chi connectivity index (χ0n) is 28.2. The first-order valence-corrected chi connectivity index (χ1v) is 17.5. The monoisotopic (exact) mass is 649 g/mol. The van der Waals surface area contributed by atoms with Crippen LogP contribution in [0.1, 0.15) is 0 Å². The molecule has 0 bridgehead atoms. The normalized spacial score (nSPS) is 11.1. The molecule has 1 nitrogen and oxygen atoms in total. The minimum absolute atomic E-state index is 1.09. The van der Waals surface area contributed by atoms with Crippen LogP contribution in [0, 0.1) is 0 Å². The van der Waals surface area contributed by atoms with Crippen LogP contribution in [-0.4, -0.2) is 0 Å². The highest BCUT2D eigenvalue weighted by Crippen LogP contribution is 2.48. The second-order valence-corrected chi connectivity index (χ2v) is 12.9. The van der Waals surface area contributed by atoms with Gasteiger partial charge in [-0.3, -0.25) is 0 Å². The molecule has 9 aromatic rings. The Morgan fingerprint density at radius 1 is 0.255 bits per heavy atom. The van der Waals surface area contributed by atoms with Crippen molar-refractivity contribution in [1.82, 2.24) is 0 Å². The maximum absolute atomic E-state index is 2.45. The van der Waals surface area contributed by atoms with Gasteiger partial charge in [0.05, 0.1) is 5.69 Å². The fraction of sp³-hybridized carbons (Fsp3) is 0. The second kappa shape index (κ2) is 13.3. The van der Waals surface area contributed by atoms with Gasteiger partial charge in [-0.05, 0) is 85.3 Å². The van der Waals surface area contributed by atoms with Crippen molar-refractivity contribution in [2.24, 2.45) is 0 Å². The summed E-state index contributed by atoms with van der Waals surface area (Å²) in [6, 6.07) is 76.7. The Morgan fingerprint density at radius 3 is 1.39 bits per heavy atom. The number of hydrogen-bond donors (Lipinski definition) is 0. The summed E-state index contributed by atoms with van der Waals surface area (Å²) in [6.07, 6.45) is 0. The van der Waals surface area contributed by atoms with E-state index < -0.39 is 0 Å². The number of anilines is 3. The van der Waals surface area contributed by atoms with Gasteiger partial charge in [0.1, 0.15) is 0 Å². The van der Waals surface area contributed by atoms with E-state index in [1.807, 2.05) is 0 Å². The molecule has 0 spiro atoms. The van der Waals surface area contributed by atoms with Crippen molar-refractivity contribution in [3.63, 3.8) is 0 Å². The van der Waals surface area contributed by atoms with Crippen molar-refractivity contribution in [2.75, 3.05) is 4.90 Å². The average molecular weight is 650 g/mol. The molecule has 9 rings (SSSR count). The van der Waals surface area contributed by atoms with Crippen LogP contribution in [0.3, 0.4) is 0 Å². The summed E-state index contributed by atoms with van der Waals surface area (Å²) in [5.74, 6) is 0. The minimum Gasteiger partial charge on any atom is -0.309 e. The molecule has 0 aromatic heterocycles. The van der Waals surface area contributed by atoms with E-state index in [-0.39, 0.29) is 0 Å². The average Bonchev–Trinajstić information content (AvgIpc) is 3.22. The van der Waals surface area contributed by atoms with Crippen molar-refractivity contribution in [1.29, 1.82) is 0 Å². The van der Waals surface area contributed by atoms with Crippen LogP contribution < -0.4 is 4.90 Å². The van der Waals surface area contributed by atoms with Crippen molar-refractivity contribution in [3.05, 3.63) is 212 Å².